The first-order valence-electron chi connectivity index (χ1n) is 23.0. The van der Waals surface area contributed by atoms with Crippen molar-refractivity contribution in [1.82, 2.24) is 14.5 Å². The quantitative estimate of drug-likeness (QED) is 0.178. The molecule has 0 amide bonds. The standard InChI is InChI=1S/C60H45N5/c1-3-15-39(16-4-1)40-27-29-43(30-28-40)58-61-59(63-60(62-58)65-52-24-12-9-20-48(52)49-21-10-13-25-53(49)65)44-31-35-45(36-32-44)64-54-26-14-11-23-51(54)57-55(64)38-34-42-33-37-46(41-17-5-2-6-18-41)47-19-7-8-22-50(47)56(42)57/h1-27,29,31-32,34-36,38,46,59H,28,30,33,37H2,(H,61,62,63)/p+1. The molecule has 0 radical (unpaired) electrons. The number of fused-ring (bicyclic) bond motifs is 10. The number of aromatic nitrogens is 2. The molecule has 65 heavy (non-hydrogen) atoms. The van der Waals surface area contributed by atoms with E-state index in [1.807, 2.05) is 0 Å². The second kappa shape index (κ2) is 15.4. The maximum absolute atomic E-state index is 5.45. The summed E-state index contributed by atoms with van der Waals surface area (Å²) in [5.74, 6) is 2.14. The Balaban J connectivity index is 0.937. The van der Waals surface area contributed by atoms with Crippen LogP contribution < -0.4 is 10.3 Å². The Kier molecular flexibility index (Phi) is 8.86. The molecule has 2 aliphatic carbocycles. The van der Waals surface area contributed by atoms with Crippen molar-refractivity contribution in [2.75, 3.05) is 0 Å². The van der Waals surface area contributed by atoms with Crippen LogP contribution in [0.25, 0.3) is 66.0 Å². The van der Waals surface area contributed by atoms with E-state index < -0.39 is 0 Å². The average Bonchev–Trinajstić information content (AvgIpc) is 3.84. The van der Waals surface area contributed by atoms with Gasteiger partial charge in [-0.3, -0.25) is 4.99 Å². The van der Waals surface area contributed by atoms with E-state index in [1.54, 1.807) is 0 Å². The lowest BCUT2D eigenvalue weighted by atomic mass is 9.85. The molecule has 2 unspecified atom stereocenters. The number of hydrogen-bond donors (Lipinski definition) is 2. The number of amidine groups is 1. The number of hydrogen-bond acceptors (Lipinski definition) is 2. The van der Waals surface area contributed by atoms with Gasteiger partial charge in [0.2, 0.25) is 0 Å². The second-order valence-electron chi connectivity index (χ2n) is 17.6. The first kappa shape index (κ1) is 37.5. The number of benzene rings is 8. The van der Waals surface area contributed by atoms with Gasteiger partial charge < -0.3 is 4.57 Å². The summed E-state index contributed by atoms with van der Waals surface area (Å²) in [6.45, 7) is 0. The normalized spacial score (nSPS) is 17.2. The van der Waals surface area contributed by atoms with Gasteiger partial charge >= 0.3 is 5.96 Å². The molecule has 10 aromatic rings. The van der Waals surface area contributed by atoms with Crippen molar-refractivity contribution >= 4 is 61.0 Å². The number of aliphatic imine (C=N–C) groups is 1. The van der Waals surface area contributed by atoms with Gasteiger partial charge in [-0.05, 0) is 101 Å². The Bertz CT molecular complexity index is 3570. The number of rotatable bonds is 5. The maximum atomic E-state index is 5.45. The van der Waals surface area contributed by atoms with Gasteiger partial charge in [0.1, 0.15) is 11.0 Å². The zero-order chi connectivity index (χ0) is 42.8. The number of allylic oxidation sites excluding steroid dienone is 3. The molecule has 2 N–H and O–H groups in total. The van der Waals surface area contributed by atoms with Crippen molar-refractivity contribution in [1.29, 1.82) is 0 Å². The summed E-state index contributed by atoms with van der Waals surface area (Å²) in [4.78, 5) is 9.32. The minimum atomic E-state index is -0.321. The summed E-state index contributed by atoms with van der Waals surface area (Å²) in [7, 11) is 0. The summed E-state index contributed by atoms with van der Waals surface area (Å²) >= 11 is 0. The van der Waals surface area contributed by atoms with Gasteiger partial charge in [0, 0.05) is 44.3 Å². The van der Waals surface area contributed by atoms with Crippen LogP contribution in [0.5, 0.6) is 0 Å². The van der Waals surface area contributed by atoms with Crippen LogP contribution in [0.1, 0.15) is 59.2 Å². The van der Waals surface area contributed by atoms with Gasteiger partial charge in [0.15, 0.2) is 12.0 Å². The summed E-state index contributed by atoms with van der Waals surface area (Å²) in [6, 6.07) is 71.0. The molecule has 3 aliphatic rings. The predicted octanol–water partition coefficient (Wildman–Crippen LogP) is 12.4. The molecule has 13 rings (SSSR count). The topological polar surface area (TPSA) is 48.2 Å². The molecule has 3 heterocycles. The monoisotopic (exact) mass is 836 g/mol. The highest BCUT2D eigenvalue weighted by Gasteiger charge is 2.31. The minimum absolute atomic E-state index is 0.321. The summed E-state index contributed by atoms with van der Waals surface area (Å²) < 4.78 is 4.79. The fourth-order valence-corrected chi connectivity index (χ4v) is 11.0. The summed E-state index contributed by atoms with van der Waals surface area (Å²) in [5.41, 5.74) is 17.7. The molecular weight excluding hydrogens is 791 g/mol. The van der Waals surface area contributed by atoms with Gasteiger partial charge in [0.25, 0.3) is 0 Å². The first-order chi connectivity index (χ1) is 32.2. The van der Waals surface area contributed by atoms with E-state index >= 15 is 0 Å². The number of para-hydroxylation sites is 3. The third-order valence-corrected chi connectivity index (χ3v) is 14.1. The van der Waals surface area contributed by atoms with Gasteiger partial charge in [-0.15, -0.1) is 0 Å². The fraction of sp³-hybridized carbons (Fsp3) is 0.100. The molecule has 0 spiro atoms. The Morgan fingerprint density at radius 1 is 0.492 bits per heavy atom. The zero-order valence-electron chi connectivity index (χ0n) is 36.0. The first-order valence-corrected chi connectivity index (χ1v) is 23.0. The van der Waals surface area contributed by atoms with Crippen molar-refractivity contribution in [2.45, 2.75) is 37.8 Å². The number of nitrogens with one attached hydrogen (secondary N) is 2. The molecule has 1 aliphatic heterocycles. The molecule has 5 heteroatoms. The van der Waals surface area contributed by atoms with Crippen molar-refractivity contribution in [3.8, 4) is 16.8 Å². The molecule has 0 bridgehead atoms. The highest BCUT2D eigenvalue weighted by molar-refractivity contribution is 6.18. The van der Waals surface area contributed by atoms with Crippen molar-refractivity contribution in [3.63, 3.8) is 0 Å². The average molecular weight is 837 g/mol. The van der Waals surface area contributed by atoms with Crippen LogP contribution in [0.2, 0.25) is 0 Å². The Hall–Kier alpha value is -8.02. The largest absolute Gasteiger partial charge is 0.364 e. The van der Waals surface area contributed by atoms with E-state index in [9.17, 15) is 0 Å². The van der Waals surface area contributed by atoms with Crippen molar-refractivity contribution in [2.24, 2.45) is 4.99 Å². The van der Waals surface area contributed by atoms with Crippen LogP contribution in [-0.2, 0) is 6.42 Å². The highest BCUT2D eigenvalue weighted by atomic mass is 15.3. The lowest BCUT2D eigenvalue weighted by Gasteiger charge is -2.22. The van der Waals surface area contributed by atoms with E-state index in [0.717, 1.165) is 59.8 Å². The van der Waals surface area contributed by atoms with Gasteiger partial charge in [-0.2, -0.15) is 4.57 Å². The second-order valence-corrected chi connectivity index (χ2v) is 17.6. The van der Waals surface area contributed by atoms with E-state index in [4.69, 9.17) is 4.99 Å². The minimum Gasteiger partial charge on any atom is -0.309 e. The van der Waals surface area contributed by atoms with Crippen molar-refractivity contribution < 1.29 is 4.99 Å². The Morgan fingerprint density at radius 2 is 1.11 bits per heavy atom. The molecule has 310 valence electrons. The smallest absolute Gasteiger partial charge is 0.309 e. The van der Waals surface area contributed by atoms with Gasteiger partial charge in [-0.25, -0.2) is 10.3 Å². The Labute approximate surface area is 378 Å². The molecule has 0 saturated carbocycles. The van der Waals surface area contributed by atoms with E-state index in [1.165, 1.54) is 77.1 Å². The molecule has 0 saturated heterocycles. The molecule has 0 fully saturated rings. The van der Waals surface area contributed by atoms with Crippen LogP contribution in [-0.4, -0.2) is 20.9 Å². The number of aryl methyl sites for hydroxylation is 1. The lowest BCUT2D eigenvalue weighted by Crippen LogP contribution is -2.81. The van der Waals surface area contributed by atoms with E-state index in [-0.39, 0.29) is 6.17 Å². The molecule has 5 nitrogen and oxygen atoms in total. The summed E-state index contributed by atoms with van der Waals surface area (Å²) in [5, 5.41) is 8.85. The molecular formula is C60H46N5+. The third-order valence-electron chi connectivity index (χ3n) is 14.1. The van der Waals surface area contributed by atoms with Crippen LogP contribution in [0.4, 0.5) is 0 Å². The number of nitrogens with zero attached hydrogens (tertiary/aromatic N) is 3. The SMILES string of the molecule is C1=C(C2=NC(c3ccc(-n4c5ccccc5c5c6c(ccc54)CCC(c4ccccc4)c4ccccc4-6)cc3)[NH+]=C(n3c4ccccc4c4ccccc43)N2)CCC(c2ccccc2)=C1. The van der Waals surface area contributed by atoms with Crippen LogP contribution in [0.15, 0.2) is 217 Å². The van der Waals surface area contributed by atoms with Crippen LogP contribution >= 0.6 is 0 Å². The Morgan fingerprint density at radius 3 is 1.83 bits per heavy atom. The lowest BCUT2D eigenvalue weighted by molar-refractivity contribution is -0.513. The van der Waals surface area contributed by atoms with Crippen LogP contribution in [0.3, 0.4) is 0 Å². The molecule has 2 atom stereocenters. The van der Waals surface area contributed by atoms with Gasteiger partial charge in [-0.1, -0.05) is 170 Å². The summed E-state index contributed by atoms with van der Waals surface area (Å²) in [6.07, 6.45) is 8.16. The van der Waals surface area contributed by atoms with E-state index in [2.05, 4.69) is 226 Å². The maximum Gasteiger partial charge on any atom is 0.364 e. The van der Waals surface area contributed by atoms with Gasteiger partial charge in [0.05, 0.1) is 11.0 Å². The van der Waals surface area contributed by atoms with E-state index in [0.29, 0.717) is 5.92 Å². The van der Waals surface area contributed by atoms with Crippen LogP contribution in [0, 0.1) is 0 Å². The molecule has 8 aromatic carbocycles. The predicted molar refractivity (Wildman–Crippen MR) is 269 cm³/mol. The van der Waals surface area contributed by atoms with Crippen molar-refractivity contribution in [3.05, 3.63) is 240 Å². The fourth-order valence-electron chi connectivity index (χ4n) is 11.0. The molecule has 2 aromatic heterocycles. The highest BCUT2D eigenvalue weighted by Crippen LogP contribution is 2.47. The third kappa shape index (κ3) is 6.22. The zero-order valence-corrected chi connectivity index (χ0v) is 36.0.